The van der Waals surface area contributed by atoms with Crippen LogP contribution in [0.5, 0.6) is 0 Å². The molecule has 0 unspecified atom stereocenters. The largest absolute Gasteiger partial charge is 0.371 e. The minimum atomic E-state index is 0.697. The SMILES string of the molecule is CNc1ncnc2c1nnn2C. The van der Waals surface area contributed by atoms with Gasteiger partial charge in [-0.1, -0.05) is 5.21 Å². The van der Waals surface area contributed by atoms with Gasteiger partial charge in [-0.25, -0.2) is 14.6 Å². The van der Waals surface area contributed by atoms with Crippen LogP contribution >= 0.6 is 0 Å². The fourth-order valence-electron chi connectivity index (χ4n) is 1.04. The first-order chi connectivity index (χ1) is 5.83. The maximum Gasteiger partial charge on any atom is 0.183 e. The van der Waals surface area contributed by atoms with Gasteiger partial charge in [-0.05, 0) is 0 Å². The van der Waals surface area contributed by atoms with Crippen LogP contribution in [0.15, 0.2) is 6.33 Å². The summed E-state index contributed by atoms with van der Waals surface area (Å²) >= 11 is 0. The van der Waals surface area contributed by atoms with E-state index in [2.05, 4.69) is 25.6 Å². The minimum Gasteiger partial charge on any atom is -0.371 e. The summed E-state index contributed by atoms with van der Waals surface area (Å²) in [5.41, 5.74) is 1.43. The fraction of sp³-hybridized carbons (Fsp3) is 0.333. The van der Waals surface area contributed by atoms with E-state index in [0.29, 0.717) is 11.3 Å². The monoisotopic (exact) mass is 164 g/mol. The van der Waals surface area contributed by atoms with Crippen LogP contribution in [0.3, 0.4) is 0 Å². The van der Waals surface area contributed by atoms with Crippen molar-refractivity contribution in [2.24, 2.45) is 7.05 Å². The molecular weight excluding hydrogens is 156 g/mol. The third-order valence-electron chi connectivity index (χ3n) is 1.63. The van der Waals surface area contributed by atoms with Gasteiger partial charge >= 0.3 is 0 Å². The Kier molecular flexibility index (Phi) is 1.39. The summed E-state index contributed by atoms with van der Waals surface area (Å²) < 4.78 is 1.61. The van der Waals surface area contributed by atoms with Crippen LogP contribution in [-0.2, 0) is 7.05 Å². The van der Waals surface area contributed by atoms with Gasteiger partial charge in [-0.2, -0.15) is 0 Å². The lowest BCUT2D eigenvalue weighted by Gasteiger charge is -1.96. The number of fused-ring (bicyclic) bond motifs is 1. The van der Waals surface area contributed by atoms with Crippen molar-refractivity contribution >= 4 is 17.0 Å². The minimum absolute atomic E-state index is 0.697. The topological polar surface area (TPSA) is 68.5 Å². The fourth-order valence-corrected chi connectivity index (χ4v) is 1.04. The van der Waals surface area contributed by atoms with E-state index in [0.717, 1.165) is 5.65 Å². The number of rotatable bonds is 1. The van der Waals surface area contributed by atoms with E-state index < -0.39 is 0 Å². The molecule has 2 heterocycles. The van der Waals surface area contributed by atoms with Crippen LogP contribution in [0.1, 0.15) is 0 Å². The standard InChI is InChI=1S/C6H8N6/c1-7-5-4-6(9-3-8-5)12(2)11-10-4/h3H,1-2H3,(H,7,8,9). The van der Waals surface area contributed by atoms with E-state index in [1.165, 1.54) is 6.33 Å². The summed E-state index contributed by atoms with van der Waals surface area (Å²) in [6.07, 6.45) is 1.48. The molecule has 6 heteroatoms. The van der Waals surface area contributed by atoms with Gasteiger partial charge in [0.05, 0.1) is 0 Å². The quantitative estimate of drug-likeness (QED) is 0.632. The highest BCUT2D eigenvalue weighted by molar-refractivity contribution is 5.81. The number of aryl methyl sites for hydroxylation is 1. The first-order valence-electron chi connectivity index (χ1n) is 3.51. The van der Waals surface area contributed by atoms with Gasteiger partial charge < -0.3 is 5.32 Å². The van der Waals surface area contributed by atoms with Crippen LogP contribution in [0.2, 0.25) is 0 Å². The van der Waals surface area contributed by atoms with Gasteiger partial charge in [0, 0.05) is 14.1 Å². The predicted octanol–water partition coefficient (Wildman–Crippen LogP) is -0.200. The van der Waals surface area contributed by atoms with Crippen LogP contribution in [0, 0.1) is 0 Å². The molecule has 0 saturated heterocycles. The van der Waals surface area contributed by atoms with E-state index in [4.69, 9.17) is 0 Å². The van der Waals surface area contributed by atoms with E-state index >= 15 is 0 Å². The molecule has 0 aliphatic heterocycles. The molecule has 0 aromatic carbocycles. The van der Waals surface area contributed by atoms with Gasteiger partial charge in [-0.3, -0.25) is 0 Å². The van der Waals surface area contributed by atoms with Crippen molar-refractivity contribution < 1.29 is 0 Å². The van der Waals surface area contributed by atoms with Crippen molar-refractivity contribution in [2.45, 2.75) is 0 Å². The van der Waals surface area contributed by atoms with Gasteiger partial charge in [0.2, 0.25) is 0 Å². The average Bonchev–Trinajstić information content (AvgIpc) is 2.48. The summed E-state index contributed by atoms with van der Waals surface area (Å²) in [6, 6.07) is 0. The molecule has 0 aliphatic rings. The number of hydrogen-bond donors (Lipinski definition) is 1. The lowest BCUT2D eigenvalue weighted by atomic mass is 10.5. The van der Waals surface area contributed by atoms with Crippen LogP contribution < -0.4 is 5.32 Å². The summed E-state index contributed by atoms with van der Waals surface area (Å²) in [5, 5.41) is 10.7. The Hall–Kier alpha value is -1.72. The predicted molar refractivity (Wildman–Crippen MR) is 43.6 cm³/mol. The zero-order valence-corrected chi connectivity index (χ0v) is 6.81. The Balaban J connectivity index is 2.81. The molecule has 6 nitrogen and oxygen atoms in total. The first-order valence-corrected chi connectivity index (χ1v) is 3.51. The van der Waals surface area contributed by atoms with Crippen molar-refractivity contribution in [1.82, 2.24) is 25.0 Å². The molecule has 0 radical (unpaired) electrons. The third kappa shape index (κ3) is 0.810. The molecule has 0 fully saturated rings. The molecule has 0 bridgehead atoms. The van der Waals surface area contributed by atoms with E-state index in [1.54, 1.807) is 18.8 Å². The normalized spacial score (nSPS) is 10.5. The molecule has 2 aromatic heterocycles. The van der Waals surface area contributed by atoms with Gasteiger partial charge in [-0.15, -0.1) is 5.10 Å². The second-order valence-corrected chi connectivity index (χ2v) is 2.36. The summed E-state index contributed by atoms with van der Waals surface area (Å²) in [6.45, 7) is 0. The number of nitrogens with zero attached hydrogens (tertiary/aromatic N) is 5. The maximum atomic E-state index is 4.04. The number of hydrogen-bond acceptors (Lipinski definition) is 5. The van der Waals surface area contributed by atoms with Crippen LogP contribution in [0.25, 0.3) is 11.2 Å². The molecule has 0 aliphatic carbocycles. The van der Waals surface area contributed by atoms with Crippen molar-refractivity contribution in [2.75, 3.05) is 12.4 Å². The molecule has 12 heavy (non-hydrogen) atoms. The van der Waals surface area contributed by atoms with Crippen molar-refractivity contribution in [3.05, 3.63) is 6.33 Å². The van der Waals surface area contributed by atoms with Crippen molar-refractivity contribution in [3.63, 3.8) is 0 Å². The molecule has 62 valence electrons. The second-order valence-electron chi connectivity index (χ2n) is 2.36. The van der Waals surface area contributed by atoms with Crippen molar-refractivity contribution in [3.8, 4) is 0 Å². The molecule has 0 amide bonds. The Morgan fingerprint density at radius 1 is 1.42 bits per heavy atom. The lowest BCUT2D eigenvalue weighted by molar-refractivity contribution is 0.729. The molecule has 2 rings (SSSR count). The first kappa shape index (κ1) is 6.96. The van der Waals surface area contributed by atoms with Crippen LogP contribution in [0.4, 0.5) is 5.82 Å². The number of nitrogens with one attached hydrogen (secondary N) is 1. The Bertz CT molecular complexity index is 405. The highest BCUT2D eigenvalue weighted by Crippen LogP contribution is 2.13. The van der Waals surface area contributed by atoms with Crippen molar-refractivity contribution in [1.29, 1.82) is 0 Å². The lowest BCUT2D eigenvalue weighted by Crippen LogP contribution is -1.96. The smallest absolute Gasteiger partial charge is 0.183 e. The zero-order chi connectivity index (χ0) is 8.55. The maximum absolute atomic E-state index is 4.04. The molecule has 0 spiro atoms. The molecule has 2 aromatic rings. The van der Waals surface area contributed by atoms with Gasteiger partial charge in [0.25, 0.3) is 0 Å². The summed E-state index contributed by atoms with van der Waals surface area (Å²) in [4.78, 5) is 8.04. The van der Waals surface area contributed by atoms with Gasteiger partial charge in [0.1, 0.15) is 6.33 Å². The Morgan fingerprint density at radius 2 is 2.25 bits per heavy atom. The molecule has 1 N–H and O–H groups in total. The molecule has 0 atom stereocenters. The highest BCUT2D eigenvalue weighted by atomic mass is 15.4. The molecule has 0 saturated carbocycles. The summed E-state index contributed by atoms with van der Waals surface area (Å²) in [5.74, 6) is 0.702. The summed E-state index contributed by atoms with van der Waals surface area (Å²) in [7, 11) is 3.58. The van der Waals surface area contributed by atoms with E-state index in [-0.39, 0.29) is 0 Å². The van der Waals surface area contributed by atoms with E-state index in [1.807, 2.05) is 0 Å². The molecular formula is C6H8N6. The van der Waals surface area contributed by atoms with Gasteiger partial charge in [0.15, 0.2) is 17.0 Å². The second kappa shape index (κ2) is 2.40. The Morgan fingerprint density at radius 3 is 3.00 bits per heavy atom. The zero-order valence-electron chi connectivity index (χ0n) is 6.81. The highest BCUT2D eigenvalue weighted by Gasteiger charge is 2.06. The van der Waals surface area contributed by atoms with E-state index in [9.17, 15) is 0 Å². The average molecular weight is 164 g/mol. The number of anilines is 1. The van der Waals surface area contributed by atoms with Crippen LogP contribution in [-0.4, -0.2) is 32.0 Å². The number of aromatic nitrogens is 5. The third-order valence-corrected chi connectivity index (χ3v) is 1.63. The Labute approximate surface area is 68.6 Å².